The first-order valence-electron chi connectivity index (χ1n) is 6.44. The van der Waals surface area contributed by atoms with Crippen molar-refractivity contribution in [3.8, 4) is 0 Å². The Bertz CT molecular complexity index is 654. The van der Waals surface area contributed by atoms with Gasteiger partial charge in [-0.05, 0) is 19.1 Å². The number of carbonyl (C=O) groups is 2. The minimum absolute atomic E-state index is 0.0431. The number of anilines is 1. The predicted octanol–water partition coefficient (Wildman–Crippen LogP) is 2.57. The van der Waals surface area contributed by atoms with E-state index in [2.05, 4.69) is 15.5 Å². The Morgan fingerprint density at radius 2 is 2.14 bits per heavy atom. The van der Waals surface area contributed by atoms with E-state index in [1.165, 1.54) is 18.7 Å². The summed E-state index contributed by atoms with van der Waals surface area (Å²) in [4.78, 5) is 23.1. The highest BCUT2D eigenvalue weighted by molar-refractivity contribution is 7.99. The highest BCUT2D eigenvalue weighted by Crippen LogP contribution is 2.17. The van der Waals surface area contributed by atoms with Crippen LogP contribution >= 0.6 is 11.8 Å². The molecule has 0 aliphatic heterocycles. The minimum Gasteiger partial charge on any atom is -0.416 e. The predicted molar refractivity (Wildman–Crippen MR) is 79.5 cm³/mol. The van der Waals surface area contributed by atoms with Gasteiger partial charge in [-0.15, -0.1) is 10.2 Å². The number of hydrogen-bond donors (Lipinski definition) is 1. The number of aromatic nitrogens is 2. The fourth-order valence-corrected chi connectivity index (χ4v) is 2.16. The lowest BCUT2D eigenvalue weighted by Gasteiger charge is -2.05. The van der Waals surface area contributed by atoms with E-state index in [4.69, 9.17) is 4.42 Å². The van der Waals surface area contributed by atoms with Crippen molar-refractivity contribution in [2.45, 2.75) is 25.5 Å². The molecule has 0 fully saturated rings. The van der Waals surface area contributed by atoms with Crippen LogP contribution in [0.2, 0.25) is 0 Å². The van der Waals surface area contributed by atoms with Gasteiger partial charge in [0.05, 0.1) is 5.75 Å². The van der Waals surface area contributed by atoms with Crippen LogP contribution < -0.4 is 5.32 Å². The van der Waals surface area contributed by atoms with Crippen LogP contribution in [-0.4, -0.2) is 27.6 Å². The molecule has 2 aromatic rings. The molecule has 110 valence electrons. The van der Waals surface area contributed by atoms with E-state index < -0.39 is 0 Å². The zero-order chi connectivity index (χ0) is 15.2. The number of nitrogens with zero attached hydrogens (tertiary/aromatic N) is 2. The molecular formula is C14H15N3O3S. The Kier molecular flexibility index (Phi) is 5.10. The number of thioether (sulfide) groups is 1. The lowest BCUT2D eigenvalue weighted by molar-refractivity contribution is -0.113. The lowest BCUT2D eigenvalue weighted by atomic mass is 10.1. The molecule has 0 unspecified atom stereocenters. The quantitative estimate of drug-likeness (QED) is 0.652. The number of ketones is 1. The molecule has 0 saturated carbocycles. The Labute approximate surface area is 126 Å². The Hall–Kier alpha value is -2.15. The summed E-state index contributed by atoms with van der Waals surface area (Å²) in [5, 5.41) is 10.7. The average Bonchev–Trinajstić information content (AvgIpc) is 2.93. The molecule has 2 rings (SSSR count). The highest BCUT2D eigenvalue weighted by Gasteiger charge is 2.09. The van der Waals surface area contributed by atoms with Gasteiger partial charge in [0.15, 0.2) is 5.78 Å². The number of Topliss-reactive ketones (excluding diaryl/α,β-unsaturated/α-hetero) is 1. The van der Waals surface area contributed by atoms with Crippen LogP contribution in [0.5, 0.6) is 0 Å². The zero-order valence-electron chi connectivity index (χ0n) is 11.8. The van der Waals surface area contributed by atoms with Crippen molar-refractivity contribution in [2.24, 2.45) is 0 Å². The molecule has 0 radical (unpaired) electrons. The summed E-state index contributed by atoms with van der Waals surface area (Å²) in [6.07, 6.45) is 0.664. The van der Waals surface area contributed by atoms with Crippen LogP contribution in [-0.2, 0) is 11.2 Å². The van der Waals surface area contributed by atoms with Gasteiger partial charge in [-0.2, -0.15) is 0 Å². The van der Waals surface area contributed by atoms with Gasteiger partial charge in [-0.25, -0.2) is 0 Å². The van der Waals surface area contributed by atoms with E-state index in [0.29, 0.717) is 28.8 Å². The molecule has 7 heteroatoms. The maximum absolute atomic E-state index is 11.8. The summed E-state index contributed by atoms with van der Waals surface area (Å²) in [6.45, 7) is 3.40. The fourth-order valence-electron chi connectivity index (χ4n) is 1.58. The minimum atomic E-state index is -0.197. The molecule has 1 heterocycles. The second-order valence-corrected chi connectivity index (χ2v) is 5.22. The highest BCUT2D eigenvalue weighted by atomic mass is 32.2. The van der Waals surface area contributed by atoms with E-state index in [-0.39, 0.29) is 17.4 Å². The van der Waals surface area contributed by atoms with Crippen molar-refractivity contribution in [3.05, 3.63) is 35.7 Å². The molecule has 21 heavy (non-hydrogen) atoms. The van der Waals surface area contributed by atoms with Gasteiger partial charge >= 0.3 is 0 Å². The van der Waals surface area contributed by atoms with Crippen molar-refractivity contribution >= 4 is 29.1 Å². The molecule has 0 saturated heterocycles. The van der Waals surface area contributed by atoms with Gasteiger partial charge in [0, 0.05) is 17.7 Å². The molecule has 0 atom stereocenters. The summed E-state index contributed by atoms with van der Waals surface area (Å²) < 4.78 is 5.30. The third-order valence-corrected chi connectivity index (χ3v) is 3.45. The van der Waals surface area contributed by atoms with Gasteiger partial charge in [0.2, 0.25) is 11.8 Å². The first-order valence-corrected chi connectivity index (χ1v) is 7.43. The summed E-state index contributed by atoms with van der Waals surface area (Å²) >= 11 is 1.18. The molecule has 1 N–H and O–H groups in total. The number of hydrogen-bond acceptors (Lipinski definition) is 6. The maximum atomic E-state index is 11.8. The van der Waals surface area contributed by atoms with Crippen LogP contribution in [0.4, 0.5) is 5.69 Å². The Morgan fingerprint density at radius 3 is 2.81 bits per heavy atom. The monoisotopic (exact) mass is 305 g/mol. The first-order chi connectivity index (χ1) is 10.1. The van der Waals surface area contributed by atoms with E-state index in [0.717, 1.165) is 0 Å². The Morgan fingerprint density at radius 1 is 1.33 bits per heavy atom. The van der Waals surface area contributed by atoms with E-state index in [9.17, 15) is 9.59 Å². The van der Waals surface area contributed by atoms with Crippen molar-refractivity contribution in [2.75, 3.05) is 11.1 Å². The molecule has 1 aromatic heterocycles. The summed E-state index contributed by atoms with van der Waals surface area (Å²) in [7, 11) is 0. The second kappa shape index (κ2) is 7.03. The lowest BCUT2D eigenvalue weighted by Crippen LogP contribution is -2.14. The topological polar surface area (TPSA) is 85.1 Å². The van der Waals surface area contributed by atoms with Crippen LogP contribution in [0.1, 0.15) is 30.1 Å². The van der Waals surface area contributed by atoms with Gasteiger partial charge in [0.25, 0.3) is 5.22 Å². The Balaban J connectivity index is 1.89. The van der Waals surface area contributed by atoms with Gasteiger partial charge in [-0.3, -0.25) is 9.59 Å². The van der Waals surface area contributed by atoms with Crippen molar-refractivity contribution in [3.63, 3.8) is 0 Å². The summed E-state index contributed by atoms with van der Waals surface area (Å²) in [5.74, 6) is 0.470. The molecule has 0 aliphatic carbocycles. The molecule has 6 nitrogen and oxygen atoms in total. The molecule has 1 aromatic carbocycles. The van der Waals surface area contributed by atoms with E-state index in [1.54, 1.807) is 24.3 Å². The number of carbonyl (C=O) groups excluding carboxylic acids is 2. The molecule has 0 aliphatic rings. The largest absolute Gasteiger partial charge is 0.416 e. The SMILES string of the molecule is CCc1nnc(SCC(=O)Nc2cccc(C(C)=O)c2)o1. The van der Waals surface area contributed by atoms with Crippen LogP contribution in [0.15, 0.2) is 33.9 Å². The number of amides is 1. The molecule has 0 bridgehead atoms. The second-order valence-electron chi connectivity index (χ2n) is 4.29. The number of nitrogens with one attached hydrogen (secondary N) is 1. The van der Waals surface area contributed by atoms with Crippen molar-refractivity contribution in [1.29, 1.82) is 0 Å². The van der Waals surface area contributed by atoms with E-state index in [1.807, 2.05) is 6.92 Å². The first kappa shape index (κ1) is 15.2. The zero-order valence-corrected chi connectivity index (χ0v) is 12.6. The van der Waals surface area contributed by atoms with Gasteiger partial charge in [-0.1, -0.05) is 30.8 Å². The molecule has 0 spiro atoms. The van der Waals surface area contributed by atoms with Gasteiger partial charge in [0.1, 0.15) is 0 Å². The van der Waals surface area contributed by atoms with Crippen molar-refractivity contribution in [1.82, 2.24) is 10.2 Å². The normalized spacial score (nSPS) is 10.4. The average molecular weight is 305 g/mol. The number of benzene rings is 1. The fraction of sp³-hybridized carbons (Fsp3) is 0.286. The maximum Gasteiger partial charge on any atom is 0.277 e. The van der Waals surface area contributed by atoms with Crippen molar-refractivity contribution < 1.29 is 14.0 Å². The van der Waals surface area contributed by atoms with E-state index >= 15 is 0 Å². The number of rotatable bonds is 6. The van der Waals surface area contributed by atoms with Crippen LogP contribution in [0.25, 0.3) is 0 Å². The molecule has 1 amide bonds. The number of aryl methyl sites for hydroxylation is 1. The summed E-state index contributed by atoms with van der Waals surface area (Å²) in [5.41, 5.74) is 1.15. The van der Waals surface area contributed by atoms with Crippen LogP contribution in [0, 0.1) is 0 Å². The summed E-state index contributed by atoms with van der Waals surface area (Å²) in [6, 6.07) is 6.81. The van der Waals surface area contributed by atoms with Gasteiger partial charge < -0.3 is 9.73 Å². The third-order valence-electron chi connectivity index (χ3n) is 2.63. The standard InChI is InChI=1S/C14H15N3O3S/c1-3-13-16-17-14(20-13)21-8-12(19)15-11-6-4-5-10(7-11)9(2)18/h4-7H,3,8H2,1-2H3,(H,15,19). The smallest absolute Gasteiger partial charge is 0.277 e. The molecular weight excluding hydrogens is 290 g/mol. The third kappa shape index (κ3) is 4.42. The van der Waals surface area contributed by atoms with Crippen LogP contribution in [0.3, 0.4) is 0 Å².